The SMILES string of the molecule is C=CCOC(=O)/C=C/c1cc(Cl)c(OCc2cccc3ccccc23)c(Br)c1. The molecule has 0 aliphatic heterocycles. The average molecular weight is 458 g/mol. The van der Waals surface area contributed by atoms with Crippen LogP contribution in [0, 0.1) is 0 Å². The third-order valence-electron chi connectivity index (χ3n) is 4.03. The van der Waals surface area contributed by atoms with Crippen molar-refractivity contribution >= 4 is 50.3 Å². The van der Waals surface area contributed by atoms with Crippen molar-refractivity contribution < 1.29 is 14.3 Å². The lowest BCUT2D eigenvalue weighted by atomic mass is 10.1. The Labute approximate surface area is 177 Å². The first-order chi connectivity index (χ1) is 13.6. The van der Waals surface area contributed by atoms with Crippen molar-refractivity contribution in [3.63, 3.8) is 0 Å². The van der Waals surface area contributed by atoms with Gasteiger partial charge in [0.2, 0.25) is 0 Å². The minimum absolute atomic E-state index is 0.175. The predicted octanol–water partition coefficient (Wildman–Crippen LogP) is 6.58. The molecule has 0 amide bonds. The van der Waals surface area contributed by atoms with E-state index < -0.39 is 5.97 Å². The second kappa shape index (κ2) is 9.58. The van der Waals surface area contributed by atoms with Crippen LogP contribution in [0.3, 0.4) is 0 Å². The van der Waals surface area contributed by atoms with Gasteiger partial charge in [0.25, 0.3) is 0 Å². The first-order valence-electron chi connectivity index (χ1n) is 8.62. The summed E-state index contributed by atoms with van der Waals surface area (Å²) in [5.41, 5.74) is 1.83. The summed E-state index contributed by atoms with van der Waals surface area (Å²) in [7, 11) is 0. The number of esters is 1. The third kappa shape index (κ3) is 5.03. The quantitative estimate of drug-likeness (QED) is 0.228. The number of hydrogen-bond donors (Lipinski definition) is 0. The zero-order valence-electron chi connectivity index (χ0n) is 15.0. The normalized spacial score (nSPS) is 10.9. The fourth-order valence-corrected chi connectivity index (χ4v) is 3.72. The highest BCUT2D eigenvalue weighted by Crippen LogP contribution is 2.36. The summed E-state index contributed by atoms with van der Waals surface area (Å²) in [6, 6.07) is 17.9. The van der Waals surface area contributed by atoms with Gasteiger partial charge in [0, 0.05) is 6.08 Å². The molecule has 0 spiro atoms. The lowest BCUT2D eigenvalue weighted by Gasteiger charge is -2.13. The Morgan fingerprint density at radius 1 is 1.14 bits per heavy atom. The Balaban J connectivity index is 1.75. The average Bonchev–Trinajstić information content (AvgIpc) is 2.70. The molecule has 0 fully saturated rings. The molecule has 0 bridgehead atoms. The number of hydrogen-bond acceptors (Lipinski definition) is 3. The number of ether oxygens (including phenoxy) is 2. The maximum atomic E-state index is 11.6. The van der Waals surface area contributed by atoms with E-state index in [4.69, 9.17) is 21.1 Å². The van der Waals surface area contributed by atoms with Gasteiger partial charge in [-0.2, -0.15) is 0 Å². The number of carbonyl (C=O) groups is 1. The van der Waals surface area contributed by atoms with Crippen LogP contribution in [-0.4, -0.2) is 12.6 Å². The van der Waals surface area contributed by atoms with Crippen LogP contribution in [0.25, 0.3) is 16.8 Å². The zero-order valence-corrected chi connectivity index (χ0v) is 17.4. The Hall–Kier alpha value is -2.56. The van der Waals surface area contributed by atoms with Gasteiger partial charge in [-0.3, -0.25) is 0 Å². The highest BCUT2D eigenvalue weighted by molar-refractivity contribution is 9.10. The number of carbonyl (C=O) groups excluding carboxylic acids is 1. The van der Waals surface area contributed by atoms with E-state index >= 15 is 0 Å². The van der Waals surface area contributed by atoms with E-state index in [2.05, 4.69) is 40.7 Å². The van der Waals surface area contributed by atoms with E-state index in [1.807, 2.05) is 30.3 Å². The molecule has 3 aromatic carbocycles. The molecule has 0 saturated heterocycles. The largest absolute Gasteiger partial charge is 0.486 e. The van der Waals surface area contributed by atoms with Crippen molar-refractivity contribution in [3.8, 4) is 5.75 Å². The summed E-state index contributed by atoms with van der Waals surface area (Å²) in [5.74, 6) is 0.115. The van der Waals surface area contributed by atoms with Gasteiger partial charge in [0.05, 0.1) is 9.50 Å². The van der Waals surface area contributed by atoms with Gasteiger partial charge in [-0.15, -0.1) is 0 Å². The molecule has 0 unspecified atom stereocenters. The number of rotatable bonds is 7. The van der Waals surface area contributed by atoms with Gasteiger partial charge in [0.1, 0.15) is 13.2 Å². The number of benzene rings is 3. The molecule has 0 N–H and O–H groups in total. The molecule has 0 heterocycles. The Kier molecular flexibility index (Phi) is 6.90. The molecule has 0 radical (unpaired) electrons. The van der Waals surface area contributed by atoms with Gasteiger partial charge >= 0.3 is 5.97 Å². The van der Waals surface area contributed by atoms with E-state index in [-0.39, 0.29) is 6.61 Å². The second-order valence-corrected chi connectivity index (χ2v) is 7.25. The van der Waals surface area contributed by atoms with Gasteiger partial charge < -0.3 is 9.47 Å². The molecule has 0 aromatic heterocycles. The van der Waals surface area contributed by atoms with E-state index in [0.717, 1.165) is 21.9 Å². The maximum absolute atomic E-state index is 11.6. The first-order valence-corrected chi connectivity index (χ1v) is 9.80. The van der Waals surface area contributed by atoms with Crippen molar-refractivity contribution in [2.24, 2.45) is 0 Å². The minimum Gasteiger partial charge on any atom is -0.486 e. The summed E-state index contributed by atoms with van der Waals surface area (Å²) in [6.45, 7) is 4.07. The number of fused-ring (bicyclic) bond motifs is 1. The lowest BCUT2D eigenvalue weighted by Crippen LogP contribution is -2.00. The van der Waals surface area contributed by atoms with Crippen LogP contribution in [0.2, 0.25) is 5.02 Å². The van der Waals surface area contributed by atoms with Crippen LogP contribution >= 0.6 is 27.5 Å². The molecule has 0 aliphatic rings. The third-order valence-corrected chi connectivity index (χ3v) is 4.90. The highest BCUT2D eigenvalue weighted by Gasteiger charge is 2.10. The van der Waals surface area contributed by atoms with Crippen molar-refractivity contribution in [2.75, 3.05) is 6.61 Å². The Morgan fingerprint density at radius 2 is 1.93 bits per heavy atom. The van der Waals surface area contributed by atoms with Crippen LogP contribution in [0.5, 0.6) is 5.75 Å². The minimum atomic E-state index is -0.441. The fourth-order valence-electron chi connectivity index (χ4n) is 2.74. The summed E-state index contributed by atoms with van der Waals surface area (Å²) < 4.78 is 11.6. The zero-order chi connectivity index (χ0) is 19.9. The summed E-state index contributed by atoms with van der Waals surface area (Å²) in [6.07, 6.45) is 4.50. The molecular formula is C23H18BrClO3. The van der Waals surface area contributed by atoms with Crippen molar-refractivity contribution in [1.82, 2.24) is 0 Å². The molecule has 28 heavy (non-hydrogen) atoms. The molecule has 5 heteroatoms. The molecule has 0 atom stereocenters. The van der Waals surface area contributed by atoms with Crippen molar-refractivity contribution in [1.29, 1.82) is 0 Å². The van der Waals surface area contributed by atoms with E-state index in [1.165, 1.54) is 12.2 Å². The molecule has 3 nitrogen and oxygen atoms in total. The molecule has 3 aromatic rings. The van der Waals surface area contributed by atoms with E-state index in [1.54, 1.807) is 12.1 Å². The molecule has 142 valence electrons. The highest BCUT2D eigenvalue weighted by atomic mass is 79.9. The summed E-state index contributed by atoms with van der Waals surface area (Å²) >= 11 is 9.90. The van der Waals surface area contributed by atoms with Crippen LogP contribution in [0.1, 0.15) is 11.1 Å². The second-order valence-electron chi connectivity index (χ2n) is 5.99. The molecule has 0 aliphatic carbocycles. The standard InChI is InChI=1S/C23H18BrClO3/c1-2-12-27-22(26)11-10-16-13-20(24)23(21(25)14-16)28-15-18-8-5-7-17-6-3-4-9-19(17)18/h2-11,13-14H,1,12,15H2/b11-10+. The van der Waals surface area contributed by atoms with Crippen LogP contribution in [0.4, 0.5) is 0 Å². The molecule has 0 saturated carbocycles. The van der Waals surface area contributed by atoms with Gasteiger partial charge in [-0.1, -0.05) is 66.7 Å². The summed E-state index contributed by atoms with van der Waals surface area (Å²) in [4.78, 5) is 11.6. The van der Waals surface area contributed by atoms with Gasteiger partial charge in [0.15, 0.2) is 5.75 Å². The first kappa shape index (κ1) is 20.2. The summed E-state index contributed by atoms with van der Waals surface area (Å²) in [5, 5.41) is 2.76. The molecule has 3 rings (SSSR count). The van der Waals surface area contributed by atoms with Crippen molar-refractivity contribution in [2.45, 2.75) is 6.61 Å². The van der Waals surface area contributed by atoms with E-state index in [0.29, 0.717) is 21.9 Å². The lowest BCUT2D eigenvalue weighted by molar-refractivity contribution is -0.136. The predicted molar refractivity (Wildman–Crippen MR) is 118 cm³/mol. The fraction of sp³-hybridized carbons (Fsp3) is 0.0870. The van der Waals surface area contributed by atoms with Gasteiger partial charge in [-0.05, 0) is 56.0 Å². The van der Waals surface area contributed by atoms with E-state index in [9.17, 15) is 4.79 Å². The van der Waals surface area contributed by atoms with Crippen LogP contribution < -0.4 is 4.74 Å². The maximum Gasteiger partial charge on any atom is 0.331 e. The Bertz CT molecular complexity index is 1010. The van der Waals surface area contributed by atoms with Crippen molar-refractivity contribution in [3.05, 3.63) is 94.0 Å². The number of halogens is 2. The molecular weight excluding hydrogens is 440 g/mol. The van der Waals surface area contributed by atoms with Crippen LogP contribution in [-0.2, 0) is 16.1 Å². The van der Waals surface area contributed by atoms with Crippen LogP contribution in [0.15, 0.2) is 77.8 Å². The monoisotopic (exact) mass is 456 g/mol. The topological polar surface area (TPSA) is 35.5 Å². The Morgan fingerprint density at radius 3 is 2.71 bits per heavy atom. The van der Waals surface area contributed by atoms with Gasteiger partial charge in [-0.25, -0.2) is 4.79 Å². The smallest absolute Gasteiger partial charge is 0.331 e.